The molecule has 2 aliphatic rings. The molecule has 0 aromatic rings. The average Bonchev–Trinajstić information content (AvgIpc) is 2.61. The molecule has 2 unspecified atom stereocenters. The van der Waals surface area contributed by atoms with Crippen molar-refractivity contribution in [3.05, 3.63) is 0 Å². The topological polar surface area (TPSA) is 29.5 Å². The summed E-state index contributed by atoms with van der Waals surface area (Å²) in [6, 6.07) is 0. The van der Waals surface area contributed by atoms with E-state index in [0.29, 0.717) is 18.4 Å². The fourth-order valence-corrected chi connectivity index (χ4v) is 2.94. The van der Waals surface area contributed by atoms with E-state index in [2.05, 4.69) is 13.8 Å². The van der Waals surface area contributed by atoms with Crippen LogP contribution in [0.2, 0.25) is 0 Å². The van der Waals surface area contributed by atoms with Gasteiger partial charge < -0.3 is 9.64 Å². The minimum absolute atomic E-state index is 0.143. The second-order valence-electron chi connectivity index (χ2n) is 7.04. The molecule has 17 heavy (non-hydrogen) atoms. The van der Waals surface area contributed by atoms with Crippen molar-refractivity contribution in [1.29, 1.82) is 0 Å². The van der Waals surface area contributed by atoms with E-state index in [0.717, 1.165) is 24.9 Å². The number of piperidine rings is 1. The van der Waals surface area contributed by atoms with E-state index < -0.39 is 0 Å². The fraction of sp³-hybridized carbons (Fsp3) is 0.929. The Morgan fingerprint density at radius 2 is 1.82 bits per heavy atom. The predicted molar refractivity (Wildman–Crippen MR) is 67.7 cm³/mol. The molecule has 0 aromatic heterocycles. The molecule has 2 fully saturated rings. The third-order valence-corrected chi connectivity index (χ3v) is 4.33. The molecule has 1 amide bonds. The Morgan fingerprint density at radius 1 is 1.29 bits per heavy atom. The average molecular weight is 239 g/mol. The summed E-state index contributed by atoms with van der Waals surface area (Å²) in [4.78, 5) is 14.0. The van der Waals surface area contributed by atoms with Gasteiger partial charge >= 0.3 is 0 Å². The molecule has 0 spiro atoms. The fourth-order valence-electron chi connectivity index (χ4n) is 2.94. The number of fused-ring (bicyclic) bond motifs is 1. The molecule has 0 aromatic carbocycles. The molecule has 0 bridgehead atoms. The summed E-state index contributed by atoms with van der Waals surface area (Å²) in [6.45, 7) is 13.1. The standard InChI is InChI=1S/C14H25NO2/c1-13(2,3)17-7-6-12(16)15-8-10-11(9-15)14(10,4)5/h10-11H,6-9H2,1-5H3. The van der Waals surface area contributed by atoms with Gasteiger partial charge in [0.05, 0.1) is 18.6 Å². The highest BCUT2D eigenvalue weighted by atomic mass is 16.5. The molecule has 0 radical (unpaired) electrons. The van der Waals surface area contributed by atoms with Gasteiger partial charge in [-0.1, -0.05) is 13.8 Å². The zero-order valence-corrected chi connectivity index (χ0v) is 11.7. The quantitative estimate of drug-likeness (QED) is 0.756. The molecule has 98 valence electrons. The van der Waals surface area contributed by atoms with Crippen LogP contribution in [0, 0.1) is 17.3 Å². The zero-order chi connectivity index (χ0) is 12.8. The van der Waals surface area contributed by atoms with Crippen molar-refractivity contribution < 1.29 is 9.53 Å². The number of carbonyl (C=O) groups is 1. The minimum atomic E-state index is -0.143. The van der Waals surface area contributed by atoms with Crippen molar-refractivity contribution >= 4 is 5.91 Å². The van der Waals surface area contributed by atoms with Crippen molar-refractivity contribution in [2.75, 3.05) is 19.7 Å². The molecule has 1 heterocycles. The normalized spacial score (nSPS) is 30.3. The number of carbonyl (C=O) groups excluding carboxylic acids is 1. The monoisotopic (exact) mass is 239 g/mol. The minimum Gasteiger partial charge on any atom is -0.375 e. The number of nitrogens with zero attached hydrogens (tertiary/aromatic N) is 1. The zero-order valence-electron chi connectivity index (χ0n) is 11.7. The van der Waals surface area contributed by atoms with Crippen LogP contribution in [0.1, 0.15) is 41.0 Å². The van der Waals surface area contributed by atoms with Gasteiger partial charge in [0, 0.05) is 13.1 Å². The van der Waals surface area contributed by atoms with Crippen molar-refractivity contribution in [1.82, 2.24) is 4.90 Å². The van der Waals surface area contributed by atoms with Crippen LogP contribution in [-0.2, 0) is 9.53 Å². The number of hydrogen-bond acceptors (Lipinski definition) is 2. The smallest absolute Gasteiger partial charge is 0.224 e. The van der Waals surface area contributed by atoms with Gasteiger partial charge in [0.1, 0.15) is 0 Å². The van der Waals surface area contributed by atoms with Crippen LogP contribution in [0.4, 0.5) is 0 Å². The summed E-state index contributed by atoms with van der Waals surface area (Å²) in [5.41, 5.74) is 0.341. The predicted octanol–water partition coefficient (Wildman–Crippen LogP) is 2.31. The molecule has 3 nitrogen and oxygen atoms in total. The second-order valence-corrected chi connectivity index (χ2v) is 7.04. The highest BCUT2D eigenvalue weighted by molar-refractivity contribution is 5.77. The Bertz CT molecular complexity index is 303. The van der Waals surface area contributed by atoms with Crippen LogP contribution < -0.4 is 0 Å². The number of ether oxygens (including phenoxy) is 1. The van der Waals surface area contributed by atoms with Gasteiger partial charge in [-0.15, -0.1) is 0 Å². The van der Waals surface area contributed by atoms with Crippen molar-refractivity contribution in [3.8, 4) is 0 Å². The first-order valence-electron chi connectivity index (χ1n) is 6.63. The molecule has 1 saturated carbocycles. The molecule has 0 N–H and O–H groups in total. The third-order valence-electron chi connectivity index (χ3n) is 4.33. The van der Waals surface area contributed by atoms with Gasteiger partial charge in [-0.2, -0.15) is 0 Å². The second kappa shape index (κ2) is 3.98. The Balaban J connectivity index is 1.70. The molecule has 1 saturated heterocycles. The van der Waals surface area contributed by atoms with Crippen LogP contribution >= 0.6 is 0 Å². The van der Waals surface area contributed by atoms with E-state index in [1.54, 1.807) is 0 Å². The van der Waals surface area contributed by atoms with Crippen LogP contribution in [0.5, 0.6) is 0 Å². The summed E-state index contributed by atoms with van der Waals surface area (Å²) >= 11 is 0. The number of hydrogen-bond donors (Lipinski definition) is 0. The van der Waals surface area contributed by atoms with Gasteiger partial charge in [-0.3, -0.25) is 4.79 Å². The van der Waals surface area contributed by atoms with Crippen LogP contribution in [0.3, 0.4) is 0 Å². The highest BCUT2D eigenvalue weighted by Crippen LogP contribution is 2.61. The van der Waals surface area contributed by atoms with E-state index in [9.17, 15) is 4.79 Å². The number of rotatable bonds is 3. The highest BCUT2D eigenvalue weighted by Gasteiger charge is 2.62. The van der Waals surface area contributed by atoms with Crippen LogP contribution in [0.25, 0.3) is 0 Å². The first-order chi connectivity index (χ1) is 7.72. The van der Waals surface area contributed by atoms with E-state index in [-0.39, 0.29) is 11.5 Å². The Morgan fingerprint density at radius 3 is 2.29 bits per heavy atom. The first-order valence-corrected chi connectivity index (χ1v) is 6.63. The van der Waals surface area contributed by atoms with E-state index >= 15 is 0 Å². The van der Waals surface area contributed by atoms with E-state index in [1.807, 2.05) is 25.7 Å². The first kappa shape index (κ1) is 12.9. The van der Waals surface area contributed by atoms with Crippen LogP contribution in [0.15, 0.2) is 0 Å². The summed E-state index contributed by atoms with van der Waals surface area (Å²) in [7, 11) is 0. The summed E-state index contributed by atoms with van der Waals surface area (Å²) in [6.07, 6.45) is 0.525. The van der Waals surface area contributed by atoms with Crippen molar-refractivity contribution in [2.45, 2.75) is 46.6 Å². The summed E-state index contributed by atoms with van der Waals surface area (Å²) < 4.78 is 5.59. The summed E-state index contributed by atoms with van der Waals surface area (Å²) in [5.74, 6) is 1.75. The lowest BCUT2D eigenvalue weighted by molar-refractivity contribution is -0.133. The molecular formula is C14H25NO2. The number of likely N-dealkylation sites (tertiary alicyclic amines) is 1. The Labute approximate surface area is 105 Å². The lowest BCUT2D eigenvalue weighted by Gasteiger charge is -2.24. The molecular weight excluding hydrogens is 214 g/mol. The third kappa shape index (κ3) is 2.65. The van der Waals surface area contributed by atoms with Gasteiger partial charge in [-0.05, 0) is 38.0 Å². The molecule has 1 aliphatic heterocycles. The Kier molecular flexibility index (Phi) is 3.01. The molecule has 2 atom stereocenters. The SMILES string of the molecule is CC(C)(C)OCCC(=O)N1CC2C(C1)C2(C)C. The van der Waals surface area contributed by atoms with Gasteiger partial charge in [0.25, 0.3) is 0 Å². The molecule has 1 aliphatic carbocycles. The van der Waals surface area contributed by atoms with Crippen molar-refractivity contribution in [2.24, 2.45) is 17.3 Å². The van der Waals surface area contributed by atoms with Gasteiger partial charge in [-0.25, -0.2) is 0 Å². The molecule has 2 rings (SSSR count). The number of amides is 1. The van der Waals surface area contributed by atoms with Crippen molar-refractivity contribution in [3.63, 3.8) is 0 Å². The summed E-state index contributed by atoms with van der Waals surface area (Å²) in [5, 5.41) is 0. The Hall–Kier alpha value is -0.570. The maximum Gasteiger partial charge on any atom is 0.224 e. The maximum absolute atomic E-state index is 12.0. The lowest BCUT2D eigenvalue weighted by atomic mass is 10.1. The van der Waals surface area contributed by atoms with Gasteiger partial charge in [0.2, 0.25) is 5.91 Å². The lowest BCUT2D eigenvalue weighted by Crippen LogP contribution is -2.34. The maximum atomic E-state index is 12.0. The van der Waals surface area contributed by atoms with E-state index in [4.69, 9.17) is 4.74 Å². The molecule has 3 heteroatoms. The largest absolute Gasteiger partial charge is 0.375 e. The van der Waals surface area contributed by atoms with E-state index in [1.165, 1.54) is 0 Å². The van der Waals surface area contributed by atoms with Crippen LogP contribution in [-0.4, -0.2) is 36.1 Å². The van der Waals surface area contributed by atoms with Gasteiger partial charge in [0.15, 0.2) is 0 Å².